The Morgan fingerprint density at radius 2 is 1.85 bits per heavy atom. The Morgan fingerprint density at radius 1 is 1.25 bits per heavy atom. The molecule has 0 heterocycles. The van der Waals surface area contributed by atoms with E-state index in [-0.39, 0.29) is 12.4 Å². The predicted octanol–water partition coefficient (Wildman–Crippen LogP) is 3.33. The van der Waals surface area contributed by atoms with Crippen LogP contribution in [0.1, 0.15) is 32.8 Å². The summed E-state index contributed by atoms with van der Waals surface area (Å²) in [7, 11) is 0. The molecule has 0 saturated carbocycles. The molecule has 0 radical (unpaired) electrons. The minimum atomic E-state index is -1.25. The molecule has 0 aliphatic carbocycles. The highest BCUT2D eigenvalue weighted by atomic mass is 16.5. The van der Waals surface area contributed by atoms with Crippen LogP contribution in [0.3, 0.4) is 0 Å². The van der Waals surface area contributed by atoms with Gasteiger partial charge in [-0.1, -0.05) is 42.5 Å². The van der Waals surface area contributed by atoms with Crippen LogP contribution < -0.4 is 0 Å². The molecule has 0 saturated heterocycles. The number of carbonyl (C=O) groups excluding carboxylic acids is 2. The van der Waals surface area contributed by atoms with E-state index in [4.69, 9.17) is 4.74 Å². The van der Waals surface area contributed by atoms with Gasteiger partial charge >= 0.3 is 5.97 Å². The SMILES string of the molecule is C=C(CCc1ccccc1)C(C)(C(C)=O)C(=O)OCC. The monoisotopic (exact) mass is 274 g/mol. The summed E-state index contributed by atoms with van der Waals surface area (Å²) < 4.78 is 5.02. The van der Waals surface area contributed by atoms with Crippen LogP contribution in [-0.2, 0) is 20.7 Å². The number of rotatable bonds is 7. The van der Waals surface area contributed by atoms with Gasteiger partial charge in [-0.25, -0.2) is 0 Å². The first kappa shape index (κ1) is 16.2. The minimum absolute atomic E-state index is 0.228. The van der Waals surface area contributed by atoms with E-state index in [9.17, 15) is 9.59 Å². The number of hydrogen-bond donors (Lipinski definition) is 0. The highest BCUT2D eigenvalue weighted by molar-refractivity contribution is 6.05. The summed E-state index contributed by atoms with van der Waals surface area (Å²) >= 11 is 0. The Balaban J connectivity index is 2.80. The van der Waals surface area contributed by atoms with E-state index in [1.54, 1.807) is 13.8 Å². The Labute approximate surface area is 120 Å². The zero-order chi connectivity index (χ0) is 15.2. The second-order valence-electron chi connectivity index (χ2n) is 4.99. The van der Waals surface area contributed by atoms with Crippen molar-refractivity contribution in [2.45, 2.75) is 33.6 Å². The van der Waals surface area contributed by atoms with Gasteiger partial charge in [0, 0.05) is 0 Å². The number of Topliss-reactive ketones (excluding diaryl/α,β-unsaturated/α-hetero) is 1. The smallest absolute Gasteiger partial charge is 0.323 e. The van der Waals surface area contributed by atoms with Gasteiger partial charge in [-0.15, -0.1) is 0 Å². The second-order valence-corrected chi connectivity index (χ2v) is 4.99. The van der Waals surface area contributed by atoms with Gasteiger partial charge in [0.25, 0.3) is 0 Å². The molecule has 0 N–H and O–H groups in total. The summed E-state index contributed by atoms with van der Waals surface area (Å²) in [6.07, 6.45) is 1.33. The summed E-state index contributed by atoms with van der Waals surface area (Å²) in [4.78, 5) is 23.9. The molecule has 0 spiro atoms. The molecular formula is C17H22O3. The van der Waals surface area contributed by atoms with E-state index in [1.165, 1.54) is 6.92 Å². The van der Waals surface area contributed by atoms with Gasteiger partial charge in [0.15, 0.2) is 5.78 Å². The summed E-state index contributed by atoms with van der Waals surface area (Å²) in [6.45, 7) is 8.93. The molecule has 1 unspecified atom stereocenters. The summed E-state index contributed by atoms with van der Waals surface area (Å²) in [5.74, 6) is -0.737. The fraction of sp³-hybridized carbons (Fsp3) is 0.412. The van der Waals surface area contributed by atoms with Crippen molar-refractivity contribution in [2.24, 2.45) is 5.41 Å². The van der Waals surface area contributed by atoms with E-state index in [2.05, 4.69) is 6.58 Å². The van der Waals surface area contributed by atoms with Crippen molar-refractivity contribution in [3.05, 3.63) is 48.0 Å². The fourth-order valence-corrected chi connectivity index (χ4v) is 2.00. The lowest BCUT2D eigenvalue weighted by Crippen LogP contribution is -2.38. The van der Waals surface area contributed by atoms with Gasteiger partial charge in [0.1, 0.15) is 5.41 Å². The highest BCUT2D eigenvalue weighted by Gasteiger charge is 2.42. The molecule has 0 aromatic heterocycles. The third-order valence-corrected chi connectivity index (χ3v) is 3.65. The van der Waals surface area contributed by atoms with Gasteiger partial charge in [0.2, 0.25) is 0 Å². The topological polar surface area (TPSA) is 43.4 Å². The molecule has 1 aromatic carbocycles. The molecule has 1 rings (SSSR count). The molecule has 3 nitrogen and oxygen atoms in total. The van der Waals surface area contributed by atoms with Gasteiger partial charge in [-0.2, -0.15) is 0 Å². The molecule has 1 aromatic rings. The van der Waals surface area contributed by atoms with E-state index < -0.39 is 11.4 Å². The van der Waals surface area contributed by atoms with Crippen LogP contribution in [0.15, 0.2) is 42.5 Å². The van der Waals surface area contributed by atoms with Crippen LogP contribution in [0.5, 0.6) is 0 Å². The van der Waals surface area contributed by atoms with E-state index in [0.29, 0.717) is 12.0 Å². The standard InChI is InChI=1S/C17H22O3/c1-5-20-16(19)17(4,14(3)18)13(2)11-12-15-9-7-6-8-10-15/h6-10H,2,5,11-12H2,1,3-4H3. The third kappa shape index (κ3) is 3.56. The van der Waals surface area contributed by atoms with E-state index >= 15 is 0 Å². The van der Waals surface area contributed by atoms with E-state index in [1.807, 2.05) is 30.3 Å². The Bertz CT molecular complexity index is 490. The summed E-state index contributed by atoms with van der Waals surface area (Å²) in [5.41, 5.74) is 0.515. The van der Waals surface area contributed by atoms with Crippen molar-refractivity contribution in [1.29, 1.82) is 0 Å². The average Bonchev–Trinajstić information content (AvgIpc) is 2.44. The van der Waals surface area contributed by atoms with Crippen molar-refractivity contribution in [1.82, 2.24) is 0 Å². The third-order valence-electron chi connectivity index (χ3n) is 3.65. The lowest BCUT2D eigenvalue weighted by Gasteiger charge is -2.26. The normalized spacial score (nSPS) is 13.3. The summed E-state index contributed by atoms with van der Waals surface area (Å²) in [5, 5.41) is 0. The molecule has 3 heteroatoms. The first-order valence-corrected chi connectivity index (χ1v) is 6.83. The van der Waals surface area contributed by atoms with Crippen LogP contribution in [-0.4, -0.2) is 18.4 Å². The van der Waals surface area contributed by atoms with Crippen LogP contribution >= 0.6 is 0 Å². The number of esters is 1. The maximum absolute atomic E-state index is 12.1. The van der Waals surface area contributed by atoms with Gasteiger partial charge in [-0.3, -0.25) is 9.59 Å². The molecule has 1 atom stereocenters. The number of ether oxygens (including phenoxy) is 1. The molecule has 0 aliphatic heterocycles. The molecule has 20 heavy (non-hydrogen) atoms. The zero-order valence-electron chi connectivity index (χ0n) is 12.4. The maximum atomic E-state index is 12.1. The van der Waals surface area contributed by atoms with Gasteiger partial charge in [-0.05, 0) is 39.2 Å². The highest BCUT2D eigenvalue weighted by Crippen LogP contribution is 2.32. The lowest BCUT2D eigenvalue weighted by molar-refractivity contribution is -0.156. The van der Waals surface area contributed by atoms with Gasteiger partial charge in [0.05, 0.1) is 6.61 Å². The molecule has 0 aliphatic rings. The van der Waals surface area contributed by atoms with Crippen molar-refractivity contribution >= 4 is 11.8 Å². The van der Waals surface area contributed by atoms with Crippen molar-refractivity contribution in [3.63, 3.8) is 0 Å². The van der Waals surface area contributed by atoms with Gasteiger partial charge < -0.3 is 4.74 Å². The number of ketones is 1. The largest absolute Gasteiger partial charge is 0.465 e. The number of hydrogen-bond acceptors (Lipinski definition) is 3. The second kappa shape index (κ2) is 7.04. The van der Waals surface area contributed by atoms with E-state index in [0.717, 1.165) is 12.0 Å². The summed E-state index contributed by atoms with van der Waals surface area (Å²) in [6, 6.07) is 9.92. The quantitative estimate of drug-likeness (QED) is 0.435. The fourth-order valence-electron chi connectivity index (χ4n) is 2.00. The van der Waals surface area contributed by atoms with Crippen molar-refractivity contribution < 1.29 is 14.3 Å². The Hall–Kier alpha value is -1.90. The predicted molar refractivity (Wildman–Crippen MR) is 79.3 cm³/mol. The zero-order valence-corrected chi connectivity index (χ0v) is 12.4. The molecule has 0 fully saturated rings. The molecule has 108 valence electrons. The van der Waals surface area contributed by atoms with Crippen LogP contribution in [0.25, 0.3) is 0 Å². The number of benzene rings is 1. The lowest BCUT2D eigenvalue weighted by atomic mass is 9.77. The Morgan fingerprint density at radius 3 is 2.35 bits per heavy atom. The first-order valence-electron chi connectivity index (χ1n) is 6.83. The van der Waals surface area contributed by atoms with Crippen LogP contribution in [0.4, 0.5) is 0 Å². The van der Waals surface area contributed by atoms with Crippen LogP contribution in [0.2, 0.25) is 0 Å². The van der Waals surface area contributed by atoms with Crippen molar-refractivity contribution in [2.75, 3.05) is 6.61 Å². The molecule has 0 bridgehead atoms. The molecule has 0 amide bonds. The van der Waals surface area contributed by atoms with Crippen LogP contribution in [0, 0.1) is 5.41 Å². The maximum Gasteiger partial charge on any atom is 0.323 e. The van der Waals surface area contributed by atoms with Crippen molar-refractivity contribution in [3.8, 4) is 0 Å². The number of carbonyl (C=O) groups is 2. The minimum Gasteiger partial charge on any atom is -0.465 e. The molecular weight excluding hydrogens is 252 g/mol. The Kier molecular flexibility index (Phi) is 5.68. The average molecular weight is 274 g/mol. The first-order chi connectivity index (χ1) is 9.42. The number of aryl methyl sites for hydroxylation is 1.